The lowest BCUT2D eigenvalue weighted by Gasteiger charge is -1.96. The molecular weight excluding hydrogens is 283 g/mol. The lowest BCUT2D eigenvalue weighted by molar-refractivity contribution is -0.680. The summed E-state index contributed by atoms with van der Waals surface area (Å²) in [4.78, 5) is 10.1. The second kappa shape index (κ2) is 4.50. The number of aryl methyl sites for hydroxylation is 3. The maximum absolute atomic E-state index is 10.5. The Kier molecular flexibility index (Phi) is 4.25. The van der Waals surface area contributed by atoms with Crippen molar-refractivity contribution in [1.29, 1.82) is 0 Å². The summed E-state index contributed by atoms with van der Waals surface area (Å²) in [7, 11) is 1.79. The molecule has 0 spiro atoms. The van der Waals surface area contributed by atoms with E-state index in [0.717, 1.165) is 5.69 Å². The molecule has 0 atom stereocenters. The summed E-state index contributed by atoms with van der Waals surface area (Å²) in [6.07, 6.45) is 1.53. The van der Waals surface area contributed by atoms with E-state index in [-0.39, 0.29) is 34.6 Å². The highest BCUT2D eigenvalue weighted by Gasteiger charge is 2.16. The minimum Gasteiger partial charge on any atom is -1.00 e. The molecule has 0 N–H and O–H groups in total. The highest BCUT2D eigenvalue weighted by atomic mass is 127. The number of pyridine rings is 1. The molecule has 0 fully saturated rings. The Morgan fingerprint density at radius 2 is 2.00 bits per heavy atom. The van der Waals surface area contributed by atoms with Gasteiger partial charge in [0.15, 0.2) is 5.69 Å². The fourth-order valence-electron chi connectivity index (χ4n) is 1.07. The Morgan fingerprint density at radius 1 is 1.46 bits per heavy atom. The van der Waals surface area contributed by atoms with Crippen LogP contribution in [-0.2, 0) is 7.05 Å². The van der Waals surface area contributed by atoms with E-state index in [9.17, 15) is 10.1 Å². The number of nitrogens with zero attached hydrogens (tertiary/aromatic N) is 2. The Morgan fingerprint density at radius 3 is 2.46 bits per heavy atom. The van der Waals surface area contributed by atoms with Gasteiger partial charge in [0.1, 0.15) is 7.05 Å². The molecular formula is C8H11IN2O2. The number of hydrogen-bond acceptors (Lipinski definition) is 2. The van der Waals surface area contributed by atoms with Crippen LogP contribution in [0.25, 0.3) is 0 Å². The summed E-state index contributed by atoms with van der Waals surface area (Å²) in [6.45, 7) is 3.65. The Bertz CT molecular complexity index is 339. The molecule has 5 heteroatoms. The number of halogens is 1. The second-order valence-corrected chi connectivity index (χ2v) is 2.85. The fourth-order valence-corrected chi connectivity index (χ4v) is 1.07. The van der Waals surface area contributed by atoms with Gasteiger partial charge in [0.25, 0.3) is 0 Å². The molecule has 1 aromatic rings. The van der Waals surface area contributed by atoms with Crippen molar-refractivity contribution in [2.75, 3.05) is 0 Å². The summed E-state index contributed by atoms with van der Waals surface area (Å²) in [5.74, 6) is 0. The maximum Gasteiger partial charge on any atom is 0.335 e. The second-order valence-electron chi connectivity index (χ2n) is 2.85. The highest BCUT2D eigenvalue weighted by Crippen LogP contribution is 2.14. The number of aromatic nitrogens is 1. The van der Waals surface area contributed by atoms with Gasteiger partial charge in [-0.3, -0.25) is 10.1 Å². The summed E-state index contributed by atoms with van der Waals surface area (Å²) < 4.78 is 1.74. The molecule has 0 aromatic carbocycles. The van der Waals surface area contributed by atoms with Crippen molar-refractivity contribution < 1.29 is 33.5 Å². The van der Waals surface area contributed by atoms with E-state index >= 15 is 0 Å². The minimum absolute atomic E-state index is 0. The van der Waals surface area contributed by atoms with Crippen molar-refractivity contribution in [2.45, 2.75) is 13.8 Å². The smallest absolute Gasteiger partial charge is 0.335 e. The van der Waals surface area contributed by atoms with Crippen LogP contribution in [0.3, 0.4) is 0 Å². The zero-order valence-corrected chi connectivity index (χ0v) is 9.90. The van der Waals surface area contributed by atoms with Gasteiger partial charge in [0.2, 0.25) is 6.20 Å². The predicted octanol–water partition coefficient (Wildman–Crippen LogP) is -1.96. The summed E-state index contributed by atoms with van der Waals surface area (Å²) in [6, 6.07) is 1.80. The Balaban J connectivity index is 0.00000144. The lowest BCUT2D eigenvalue weighted by Crippen LogP contribution is -3.00. The molecule has 1 aromatic heterocycles. The van der Waals surface area contributed by atoms with Gasteiger partial charge >= 0.3 is 5.69 Å². The molecule has 72 valence electrons. The van der Waals surface area contributed by atoms with Gasteiger partial charge in [0.05, 0.1) is 4.92 Å². The van der Waals surface area contributed by atoms with Crippen molar-refractivity contribution >= 4 is 5.69 Å². The molecule has 13 heavy (non-hydrogen) atoms. The average Bonchev–Trinajstić information content (AvgIpc) is 1.96. The molecule has 1 rings (SSSR count). The van der Waals surface area contributed by atoms with E-state index in [4.69, 9.17) is 0 Å². The van der Waals surface area contributed by atoms with E-state index in [1.165, 1.54) is 6.20 Å². The van der Waals surface area contributed by atoms with Crippen LogP contribution < -0.4 is 28.5 Å². The molecule has 0 aliphatic rings. The van der Waals surface area contributed by atoms with E-state index in [1.807, 2.05) is 6.92 Å². The van der Waals surface area contributed by atoms with Crippen LogP contribution in [0.2, 0.25) is 0 Å². The van der Waals surface area contributed by atoms with Crippen LogP contribution in [0.1, 0.15) is 11.3 Å². The first-order chi connectivity index (χ1) is 5.52. The van der Waals surface area contributed by atoms with Crippen LogP contribution in [-0.4, -0.2) is 4.92 Å². The van der Waals surface area contributed by atoms with Crippen LogP contribution in [0, 0.1) is 24.0 Å². The topological polar surface area (TPSA) is 47.0 Å². The third-order valence-corrected chi connectivity index (χ3v) is 1.90. The van der Waals surface area contributed by atoms with Crippen LogP contribution >= 0.6 is 0 Å². The quantitative estimate of drug-likeness (QED) is 0.261. The fraction of sp³-hybridized carbons (Fsp3) is 0.375. The average molecular weight is 294 g/mol. The molecule has 1 heterocycles. The van der Waals surface area contributed by atoms with E-state index in [0.29, 0.717) is 5.56 Å². The number of rotatable bonds is 1. The zero-order chi connectivity index (χ0) is 9.30. The SMILES string of the molecule is Cc1cc(C)[n+](C)cc1[N+](=O)[O-].[I-]. The number of nitro groups is 1. The Hall–Kier alpha value is -0.720. The van der Waals surface area contributed by atoms with Crippen molar-refractivity contribution in [2.24, 2.45) is 7.05 Å². The molecule has 0 amide bonds. The van der Waals surface area contributed by atoms with E-state index in [1.54, 1.807) is 24.6 Å². The predicted molar refractivity (Wildman–Crippen MR) is 43.7 cm³/mol. The van der Waals surface area contributed by atoms with Gasteiger partial charge in [-0.05, 0) is 6.92 Å². The molecule has 0 radical (unpaired) electrons. The third-order valence-electron chi connectivity index (χ3n) is 1.90. The maximum atomic E-state index is 10.5. The standard InChI is InChI=1S/C8H11N2O2.HI/c1-6-4-7(2)9(3)5-8(6)10(11)12;/h4-5H,1-3H3;1H/q+1;/p-1. The van der Waals surface area contributed by atoms with Gasteiger partial charge in [0, 0.05) is 18.6 Å². The first kappa shape index (κ1) is 12.3. The first-order valence-electron chi connectivity index (χ1n) is 3.63. The van der Waals surface area contributed by atoms with Gasteiger partial charge in [-0.1, -0.05) is 0 Å². The van der Waals surface area contributed by atoms with Crippen molar-refractivity contribution in [1.82, 2.24) is 0 Å². The van der Waals surface area contributed by atoms with Gasteiger partial charge < -0.3 is 24.0 Å². The minimum atomic E-state index is -0.366. The van der Waals surface area contributed by atoms with Crippen molar-refractivity contribution in [3.63, 3.8) is 0 Å². The molecule has 0 aliphatic carbocycles. The monoisotopic (exact) mass is 294 g/mol. The Labute approximate surface area is 93.8 Å². The van der Waals surface area contributed by atoms with Gasteiger partial charge in [-0.2, -0.15) is 4.57 Å². The highest BCUT2D eigenvalue weighted by molar-refractivity contribution is 5.34. The largest absolute Gasteiger partial charge is 1.00 e. The van der Waals surface area contributed by atoms with Crippen LogP contribution in [0.4, 0.5) is 5.69 Å². The molecule has 0 aliphatic heterocycles. The van der Waals surface area contributed by atoms with E-state index in [2.05, 4.69) is 0 Å². The third kappa shape index (κ3) is 2.61. The van der Waals surface area contributed by atoms with Crippen LogP contribution in [0.5, 0.6) is 0 Å². The number of hydrogen-bond donors (Lipinski definition) is 0. The first-order valence-corrected chi connectivity index (χ1v) is 3.63. The van der Waals surface area contributed by atoms with Crippen molar-refractivity contribution in [3.8, 4) is 0 Å². The van der Waals surface area contributed by atoms with Gasteiger partial charge in [-0.25, -0.2) is 0 Å². The molecule has 0 unspecified atom stereocenters. The molecule has 0 saturated heterocycles. The summed E-state index contributed by atoms with van der Waals surface area (Å²) in [5, 5.41) is 10.5. The molecule has 4 nitrogen and oxygen atoms in total. The van der Waals surface area contributed by atoms with Gasteiger partial charge in [-0.15, -0.1) is 0 Å². The van der Waals surface area contributed by atoms with Crippen molar-refractivity contribution in [3.05, 3.63) is 33.6 Å². The van der Waals surface area contributed by atoms with E-state index < -0.39 is 0 Å². The van der Waals surface area contributed by atoms with Crippen LogP contribution in [0.15, 0.2) is 12.3 Å². The zero-order valence-electron chi connectivity index (χ0n) is 7.74. The summed E-state index contributed by atoms with van der Waals surface area (Å²) in [5.41, 5.74) is 1.89. The summed E-state index contributed by atoms with van der Waals surface area (Å²) >= 11 is 0. The normalized spacial score (nSPS) is 9.15. The molecule has 0 bridgehead atoms. The lowest BCUT2D eigenvalue weighted by atomic mass is 10.2. The molecule has 0 saturated carbocycles.